The standard InChI is InChI=1S/C11H14N2O/c1-7-3-4-9(6-12)10(5-7)11(13)8(2)14/h3-5,8,11,14H,13H2,1-2H3/t8-,11+/m0/s1. The highest BCUT2D eigenvalue weighted by Gasteiger charge is 2.15. The normalized spacial score (nSPS) is 14.5. The number of hydrogen-bond acceptors (Lipinski definition) is 3. The number of aliphatic hydroxyl groups excluding tert-OH is 1. The van der Waals surface area contributed by atoms with Gasteiger partial charge in [-0.3, -0.25) is 0 Å². The molecule has 0 aliphatic carbocycles. The number of aryl methyl sites for hydroxylation is 1. The van der Waals surface area contributed by atoms with E-state index in [-0.39, 0.29) is 0 Å². The van der Waals surface area contributed by atoms with Crippen molar-refractivity contribution in [3.8, 4) is 6.07 Å². The van der Waals surface area contributed by atoms with Gasteiger partial charge in [0.05, 0.1) is 23.8 Å². The van der Waals surface area contributed by atoms with Crippen molar-refractivity contribution in [3.05, 3.63) is 34.9 Å². The van der Waals surface area contributed by atoms with Crippen LogP contribution in [0.5, 0.6) is 0 Å². The van der Waals surface area contributed by atoms with Crippen molar-refractivity contribution < 1.29 is 5.11 Å². The number of nitrogens with two attached hydrogens (primary N) is 1. The van der Waals surface area contributed by atoms with Crippen molar-refractivity contribution in [1.29, 1.82) is 5.26 Å². The Morgan fingerprint density at radius 3 is 2.64 bits per heavy atom. The molecule has 3 heteroatoms. The second-order valence-electron chi connectivity index (χ2n) is 3.47. The Hall–Kier alpha value is -1.37. The summed E-state index contributed by atoms with van der Waals surface area (Å²) in [5.41, 5.74) is 8.06. The van der Waals surface area contributed by atoms with E-state index in [2.05, 4.69) is 6.07 Å². The summed E-state index contributed by atoms with van der Waals surface area (Å²) in [5.74, 6) is 0. The fourth-order valence-corrected chi connectivity index (χ4v) is 1.32. The SMILES string of the molecule is Cc1ccc(C#N)c([C@H](N)[C@H](C)O)c1. The molecular formula is C11H14N2O. The van der Waals surface area contributed by atoms with Gasteiger partial charge in [-0.25, -0.2) is 0 Å². The second kappa shape index (κ2) is 4.23. The van der Waals surface area contributed by atoms with Crippen LogP contribution in [0.15, 0.2) is 18.2 Å². The van der Waals surface area contributed by atoms with Gasteiger partial charge in [-0.1, -0.05) is 17.7 Å². The summed E-state index contributed by atoms with van der Waals surface area (Å²) in [6, 6.07) is 7.00. The highest BCUT2D eigenvalue weighted by atomic mass is 16.3. The molecule has 0 aliphatic heterocycles. The molecule has 1 rings (SSSR count). The zero-order chi connectivity index (χ0) is 10.7. The molecule has 0 bridgehead atoms. The van der Waals surface area contributed by atoms with Crippen LogP contribution in [0.4, 0.5) is 0 Å². The number of benzene rings is 1. The zero-order valence-corrected chi connectivity index (χ0v) is 8.36. The number of rotatable bonds is 2. The Morgan fingerprint density at radius 2 is 2.14 bits per heavy atom. The fraction of sp³-hybridized carbons (Fsp3) is 0.364. The molecule has 0 radical (unpaired) electrons. The Bertz CT molecular complexity index is 366. The van der Waals surface area contributed by atoms with Crippen LogP contribution in [-0.4, -0.2) is 11.2 Å². The van der Waals surface area contributed by atoms with Gasteiger partial charge in [0.2, 0.25) is 0 Å². The van der Waals surface area contributed by atoms with Crippen LogP contribution in [0, 0.1) is 18.3 Å². The number of aliphatic hydroxyl groups is 1. The topological polar surface area (TPSA) is 70.0 Å². The lowest BCUT2D eigenvalue weighted by atomic mass is 9.96. The first-order valence-electron chi connectivity index (χ1n) is 4.50. The molecule has 3 N–H and O–H groups in total. The van der Waals surface area contributed by atoms with E-state index in [1.165, 1.54) is 0 Å². The summed E-state index contributed by atoms with van der Waals surface area (Å²) >= 11 is 0. The van der Waals surface area contributed by atoms with Gasteiger partial charge in [-0.05, 0) is 25.5 Å². The minimum Gasteiger partial charge on any atom is -0.391 e. The molecule has 0 fully saturated rings. The van der Waals surface area contributed by atoms with Gasteiger partial charge in [-0.2, -0.15) is 5.26 Å². The number of nitrogens with zero attached hydrogens (tertiary/aromatic N) is 1. The van der Waals surface area contributed by atoms with Crippen molar-refractivity contribution in [1.82, 2.24) is 0 Å². The van der Waals surface area contributed by atoms with Crippen LogP contribution in [0.3, 0.4) is 0 Å². The van der Waals surface area contributed by atoms with Crippen molar-refractivity contribution in [2.75, 3.05) is 0 Å². The molecule has 74 valence electrons. The number of hydrogen-bond donors (Lipinski definition) is 2. The van der Waals surface area contributed by atoms with Gasteiger partial charge in [-0.15, -0.1) is 0 Å². The van der Waals surface area contributed by atoms with E-state index in [1.807, 2.05) is 19.1 Å². The quantitative estimate of drug-likeness (QED) is 0.737. The van der Waals surface area contributed by atoms with E-state index in [4.69, 9.17) is 11.0 Å². The minimum absolute atomic E-state index is 0.496. The lowest BCUT2D eigenvalue weighted by Gasteiger charge is -2.16. The van der Waals surface area contributed by atoms with E-state index in [9.17, 15) is 5.11 Å². The van der Waals surface area contributed by atoms with Crippen LogP contribution in [-0.2, 0) is 0 Å². The van der Waals surface area contributed by atoms with Crippen LogP contribution in [0.1, 0.15) is 29.7 Å². The molecule has 0 spiro atoms. The molecule has 1 aromatic rings. The van der Waals surface area contributed by atoms with Gasteiger partial charge in [0.25, 0.3) is 0 Å². The maximum Gasteiger partial charge on any atom is 0.0995 e. The van der Waals surface area contributed by atoms with E-state index >= 15 is 0 Å². The zero-order valence-electron chi connectivity index (χ0n) is 8.36. The summed E-state index contributed by atoms with van der Waals surface area (Å²) in [5, 5.41) is 18.2. The second-order valence-corrected chi connectivity index (χ2v) is 3.47. The maximum absolute atomic E-state index is 9.35. The maximum atomic E-state index is 9.35. The summed E-state index contributed by atoms with van der Waals surface area (Å²) in [6.45, 7) is 3.55. The molecule has 0 aliphatic rings. The summed E-state index contributed by atoms with van der Waals surface area (Å²) in [7, 11) is 0. The minimum atomic E-state index is -0.649. The monoisotopic (exact) mass is 190 g/mol. The highest BCUT2D eigenvalue weighted by molar-refractivity contribution is 5.42. The smallest absolute Gasteiger partial charge is 0.0995 e. The first kappa shape index (κ1) is 10.7. The summed E-state index contributed by atoms with van der Waals surface area (Å²) in [6.07, 6.45) is -0.649. The fourth-order valence-electron chi connectivity index (χ4n) is 1.32. The van der Waals surface area contributed by atoms with Gasteiger partial charge in [0.1, 0.15) is 0 Å². The van der Waals surface area contributed by atoms with Gasteiger partial charge >= 0.3 is 0 Å². The highest BCUT2D eigenvalue weighted by Crippen LogP contribution is 2.19. The van der Waals surface area contributed by atoms with Crippen LogP contribution >= 0.6 is 0 Å². The lowest BCUT2D eigenvalue weighted by molar-refractivity contribution is 0.164. The van der Waals surface area contributed by atoms with Crippen LogP contribution in [0.2, 0.25) is 0 Å². The van der Waals surface area contributed by atoms with Gasteiger partial charge in [0, 0.05) is 0 Å². The Morgan fingerprint density at radius 1 is 1.50 bits per heavy atom. The van der Waals surface area contributed by atoms with Crippen LogP contribution < -0.4 is 5.73 Å². The van der Waals surface area contributed by atoms with Crippen molar-refractivity contribution in [3.63, 3.8) is 0 Å². The van der Waals surface area contributed by atoms with Crippen molar-refractivity contribution in [2.24, 2.45) is 5.73 Å². The van der Waals surface area contributed by atoms with Gasteiger partial charge in [0.15, 0.2) is 0 Å². The molecule has 2 atom stereocenters. The third kappa shape index (κ3) is 2.11. The largest absolute Gasteiger partial charge is 0.391 e. The Labute approximate surface area is 83.8 Å². The first-order valence-corrected chi connectivity index (χ1v) is 4.50. The first-order chi connectivity index (χ1) is 6.56. The van der Waals surface area contributed by atoms with Gasteiger partial charge < -0.3 is 10.8 Å². The molecule has 0 aromatic heterocycles. The van der Waals surface area contributed by atoms with Crippen LogP contribution in [0.25, 0.3) is 0 Å². The summed E-state index contributed by atoms with van der Waals surface area (Å²) < 4.78 is 0. The molecule has 3 nitrogen and oxygen atoms in total. The third-order valence-electron chi connectivity index (χ3n) is 2.21. The predicted molar refractivity (Wildman–Crippen MR) is 54.5 cm³/mol. The number of nitriles is 1. The Kier molecular flexibility index (Phi) is 3.23. The molecule has 1 aromatic carbocycles. The molecular weight excluding hydrogens is 176 g/mol. The molecule has 0 saturated heterocycles. The summed E-state index contributed by atoms with van der Waals surface area (Å²) in [4.78, 5) is 0. The Balaban J connectivity index is 3.18. The molecule has 0 saturated carbocycles. The molecule has 0 unspecified atom stereocenters. The van der Waals surface area contributed by atoms with E-state index in [0.29, 0.717) is 11.1 Å². The van der Waals surface area contributed by atoms with Crippen molar-refractivity contribution >= 4 is 0 Å². The van der Waals surface area contributed by atoms with E-state index in [0.717, 1.165) is 5.56 Å². The lowest BCUT2D eigenvalue weighted by Crippen LogP contribution is -2.24. The third-order valence-corrected chi connectivity index (χ3v) is 2.21. The van der Waals surface area contributed by atoms with Crippen molar-refractivity contribution in [2.45, 2.75) is 26.0 Å². The molecule has 0 amide bonds. The predicted octanol–water partition coefficient (Wildman–Crippen LogP) is 1.25. The van der Waals surface area contributed by atoms with E-state index < -0.39 is 12.1 Å². The average molecular weight is 190 g/mol. The molecule has 14 heavy (non-hydrogen) atoms. The molecule has 0 heterocycles. The average Bonchev–Trinajstić information content (AvgIpc) is 2.16. The van der Waals surface area contributed by atoms with E-state index in [1.54, 1.807) is 13.0 Å².